The minimum atomic E-state index is -0.428. The number of piperidine rings is 1. The van der Waals surface area contributed by atoms with Crippen LogP contribution in [0.25, 0.3) is 0 Å². The number of aliphatic hydroxyl groups is 1. The Kier molecular flexibility index (Phi) is 3.48. The monoisotopic (exact) mass is 359 g/mol. The first-order valence-corrected chi connectivity index (χ1v) is 7.34. The molecule has 0 aromatic heterocycles. The van der Waals surface area contributed by atoms with Gasteiger partial charge in [0.05, 0.1) is 12.2 Å². The van der Waals surface area contributed by atoms with Crippen molar-refractivity contribution >= 4 is 28.6 Å². The summed E-state index contributed by atoms with van der Waals surface area (Å²) < 4.78 is 2.30. The minimum Gasteiger partial charge on any atom is -0.376 e. The zero-order valence-corrected chi connectivity index (χ0v) is 12.4. The highest BCUT2D eigenvalue weighted by Gasteiger charge is 2.49. The van der Waals surface area contributed by atoms with Gasteiger partial charge in [0, 0.05) is 41.6 Å². The summed E-state index contributed by atoms with van der Waals surface area (Å²) in [5.41, 5.74) is 1.06. The fourth-order valence-corrected chi connectivity index (χ4v) is 3.52. The van der Waals surface area contributed by atoms with Crippen LogP contribution < -0.4 is 10.2 Å². The first kappa shape index (κ1) is 12.7. The van der Waals surface area contributed by atoms with Gasteiger partial charge in [0.15, 0.2) is 0 Å². The summed E-state index contributed by atoms with van der Waals surface area (Å²) in [6.07, 6.45) is 1.57. The van der Waals surface area contributed by atoms with Gasteiger partial charge >= 0.3 is 0 Å². The average Bonchev–Trinajstić information content (AvgIpc) is 2.72. The van der Waals surface area contributed by atoms with E-state index in [4.69, 9.17) is 0 Å². The lowest BCUT2D eigenvalue weighted by molar-refractivity contribution is 0.0628. The molecular weight excluding hydrogens is 341 g/mol. The first-order valence-electron chi connectivity index (χ1n) is 6.37. The highest BCUT2D eigenvalue weighted by Crippen LogP contribution is 2.38. The zero-order chi connectivity index (χ0) is 12.6. The summed E-state index contributed by atoms with van der Waals surface area (Å²) in [7, 11) is 0. The summed E-state index contributed by atoms with van der Waals surface area (Å²) in [5, 5.41) is 13.6. The molecular formula is C13H18IN3O. The van der Waals surface area contributed by atoms with Crippen LogP contribution in [0.15, 0.2) is 30.3 Å². The Labute approximate surface area is 121 Å². The van der Waals surface area contributed by atoms with E-state index in [1.54, 1.807) is 0 Å². The molecule has 0 saturated carbocycles. The number of rotatable bonds is 1. The SMILES string of the molecule is OC1NCN(c2ccccc2)C12CCN(I)CC2. The van der Waals surface area contributed by atoms with Crippen LogP contribution in [-0.4, -0.2) is 39.7 Å². The number of hydrogen-bond donors (Lipinski definition) is 2. The summed E-state index contributed by atoms with van der Waals surface area (Å²) in [6, 6.07) is 10.4. The van der Waals surface area contributed by atoms with Crippen molar-refractivity contribution in [3.63, 3.8) is 0 Å². The van der Waals surface area contributed by atoms with Gasteiger partial charge in [0.25, 0.3) is 0 Å². The van der Waals surface area contributed by atoms with Crippen LogP contribution in [0.3, 0.4) is 0 Å². The first-order chi connectivity index (χ1) is 8.72. The topological polar surface area (TPSA) is 38.7 Å². The van der Waals surface area contributed by atoms with E-state index in [1.165, 1.54) is 5.69 Å². The maximum atomic E-state index is 10.3. The average molecular weight is 359 g/mol. The van der Waals surface area contributed by atoms with Crippen LogP contribution in [-0.2, 0) is 0 Å². The Balaban J connectivity index is 1.90. The van der Waals surface area contributed by atoms with Crippen molar-refractivity contribution in [3.05, 3.63) is 30.3 Å². The molecule has 1 unspecified atom stereocenters. The van der Waals surface area contributed by atoms with E-state index in [0.717, 1.165) is 32.6 Å². The summed E-state index contributed by atoms with van der Waals surface area (Å²) in [4.78, 5) is 2.33. The molecule has 0 aliphatic carbocycles. The number of nitrogens with zero attached hydrogens (tertiary/aromatic N) is 2. The van der Waals surface area contributed by atoms with Gasteiger partial charge in [-0.25, -0.2) is 3.11 Å². The molecule has 1 atom stereocenters. The maximum absolute atomic E-state index is 10.3. The minimum absolute atomic E-state index is 0.136. The Morgan fingerprint density at radius 1 is 1.22 bits per heavy atom. The van der Waals surface area contributed by atoms with Gasteiger partial charge in [-0.3, -0.25) is 5.32 Å². The molecule has 4 nitrogen and oxygen atoms in total. The summed E-state index contributed by atoms with van der Waals surface area (Å²) >= 11 is 2.37. The lowest BCUT2D eigenvalue weighted by atomic mass is 9.85. The van der Waals surface area contributed by atoms with Gasteiger partial charge in [-0.05, 0) is 25.0 Å². The van der Waals surface area contributed by atoms with Gasteiger partial charge in [-0.2, -0.15) is 0 Å². The standard InChI is InChI=1S/C13H18IN3O/c14-16-8-6-13(7-9-16)12(18)15-10-17(13)11-4-2-1-3-5-11/h1-5,12,15,18H,6-10H2. The lowest BCUT2D eigenvalue weighted by Crippen LogP contribution is -2.56. The van der Waals surface area contributed by atoms with Crippen LogP contribution in [0.5, 0.6) is 0 Å². The second kappa shape index (κ2) is 4.96. The van der Waals surface area contributed by atoms with Gasteiger partial charge in [-0.15, -0.1) is 0 Å². The van der Waals surface area contributed by atoms with E-state index in [-0.39, 0.29) is 5.54 Å². The number of aliphatic hydroxyl groups excluding tert-OH is 1. The molecule has 18 heavy (non-hydrogen) atoms. The van der Waals surface area contributed by atoms with Crippen LogP contribution in [0.1, 0.15) is 12.8 Å². The molecule has 3 rings (SSSR count). The molecule has 2 N–H and O–H groups in total. The molecule has 0 bridgehead atoms. The van der Waals surface area contributed by atoms with Crippen molar-refractivity contribution < 1.29 is 5.11 Å². The largest absolute Gasteiger partial charge is 0.376 e. The predicted octanol–water partition coefficient (Wildman–Crippen LogP) is 1.56. The van der Waals surface area contributed by atoms with Crippen molar-refractivity contribution in [1.29, 1.82) is 0 Å². The van der Waals surface area contributed by atoms with E-state index in [2.05, 4.69) is 60.5 Å². The van der Waals surface area contributed by atoms with E-state index in [9.17, 15) is 5.11 Å². The molecule has 1 aromatic carbocycles. The number of para-hydroxylation sites is 1. The Morgan fingerprint density at radius 3 is 2.56 bits per heavy atom. The normalized spacial score (nSPS) is 27.9. The smallest absolute Gasteiger partial charge is 0.129 e. The van der Waals surface area contributed by atoms with Crippen LogP contribution in [0, 0.1) is 0 Å². The van der Waals surface area contributed by atoms with Crippen LogP contribution in [0.4, 0.5) is 5.69 Å². The Hall–Kier alpha value is -0.370. The van der Waals surface area contributed by atoms with E-state index >= 15 is 0 Å². The van der Waals surface area contributed by atoms with Crippen molar-refractivity contribution in [2.45, 2.75) is 24.6 Å². The fourth-order valence-electron chi connectivity index (χ4n) is 3.04. The van der Waals surface area contributed by atoms with Gasteiger partial charge in [-0.1, -0.05) is 18.2 Å². The third-order valence-corrected chi connectivity index (χ3v) is 5.10. The molecule has 2 aliphatic heterocycles. The van der Waals surface area contributed by atoms with Gasteiger partial charge in [0.1, 0.15) is 6.23 Å². The molecule has 2 aliphatic rings. The molecule has 98 valence electrons. The Morgan fingerprint density at radius 2 is 1.89 bits per heavy atom. The number of halogens is 1. The number of nitrogens with one attached hydrogen (secondary N) is 1. The highest BCUT2D eigenvalue weighted by molar-refractivity contribution is 14.1. The van der Waals surface area contributed by atoms with Gasteiger partial charge in [0.2, 0.25) is 0 Å². The van der Waals surface area contributed by atoms with Crippen LogP contribution >= 0.6 is 22.9 Å². The number of benzene rings is 1. The highest BCUT2D eigenvalue weighted by atomic mass is 127. The lowest BCUT2D eigenvalue weighted by Gasteiger charge is -2.45. The quantitative estimate of drug-likeness (QED) is 0.590. The van der Waals surface area contributed by atoms with Crippen molar-refractivity contribution in [2.24, 2.45) is 0 Å². The fraction of sp³-hybridized carbons (Fsp3) is 0.538. The van der Waals surface area contributed by atoms with Gasteiger partial charge < -0.3 is 10.0 Å². The predicted molar refractivity (Wildman–Crippen MR) is 80.5 cm³/mol. The van der Waals surface area contributed by atoms with E-state index in [1.807, 2.05) is 6.07 Å². The zero-order valence-electron chi connectivity index (χ0n) is 10.2. The maximum Gasteiger partial charge on any atom is 0.129 e. The van der Waals surface area contributed by atoms with E-state index in [0.29, 0.717) is 0 Å². The molecule has 2 fully saturated rings. The van der Waals surface area contributed by atoms with Crippen molar-refractivity contribution in [2.75, 3.05) is 24.7 Å². The van der Waals surface area contributed by atoms with Crippen molar-refractivity contribution in [3.8, 4) is 0 Å². The second-order valence-corrected chi connectivity index (χ2v) is 6.41. The number of hydrogen-bond acceptors (Lipinski definition) is 4. The molecule has 5 heteroatoms. The molecule has 0 amide bonds. The molecule has 2 saturated heterocycles. The Bertz CT molecular complexity index is 406. The van der Waals surface area contributed by atoms with Crippen LogP contribution in [0.2, 0.25) is 0 Å². The second-order valence-electron chi connectivity index (χ2n) is 5.04. The summed E-state index contributed by atoms with van der Waals surface area (Å²) in [6.45, 7) is 2.79. The third kappa shape index (κ3) is 2.03. The molecule has 1 aromatic rings. The molecule has 2 heterocycles. The third-order valence-electron chi connectivity index (χ3n) is 4.13. The summed E-state index contributed by atoms with van der Waals surface area (Å²) in [5.74, 6) is 0. The molecule has 0 radical (unpaired) electrons. The van der Waals surface area contributed by atoms with Crippen molar-refractivity contribution in [1.82, 2.24) is 8.43 Å². The molecule has 1 spiro atoms. The number of anilines is 1. The van der Waals surface area contributed by atoms with E-state index < -0.39 is 6.23 Å².